The number of benzene rings is 4. The molecule has 4 aromatic rings. The van der Waals surface area contributed by atoms with Crippen LogP contribution in [0.15, 0.2) is 132 Å². The van der Waals surface area contributed by atoms with Crippen molar-refractivity contribution in [3.8, 4) is 0 Å². The lowest BCUT2D eigenvalue weighted by atomic mass is 9.44. The molecule has 2 bridgehead atoms. The van der Waals surface area contributed by atoms with Crippen molar-refractivity contribution >= 4 is 35.6 Å². The normalized spacial score (nSPS) is 30.3. The van der Waals surface area contributed by atoms with Crippen LogP contribution in [0.3, 0.4) is 0 Å². The Morgan fingerprint density at radius 3 is 1.84 bits per heavy atom. The molecule has 350 valence electrons. The van der Waals surface area contributed by atoms with Crippen molar-refractivity contribution in [2.45, 2.75) is 101 Å². The number of ether oxygens (including phenoxy) is 5. The average molecular weight is 916 g/mol. The van der Waals surface area contributed by atoms with Crippen LogP contribution in [-0.4, -0.2) is 105 Å². The summed E-state index contributed by atoms with van der Waals surface area (Å²) in [5, 5.41) is 40.8. The van der Waals surface area contributed by atoms with E-state index in [1.807, 2.05) is 0 Å². The largest absolute Gasteiger partial charge is 0.456 e. The highest BCUT2D eigenvalue weighted by atomic mass is 16.6. The summed E-state index contributed by atoms with van der Waals surface area (Å²) < 4.78 is 31.0. The minimum Gasteiger partial charge on any atom is -0.456 e. The van der Waals surface area contributed by atoms with E-state index in [0.717, 1.165) is 6.92 Å². The molecule has 67 heavy (non-hydrogen) atoms. The maximum atomic E-state index is 15.8. The fourth-order valence-corrected chi connectivity index (χ4v) is 10.7. The second kappa shape index (κ2) is 17.9. The summed E-state index contributed by atoms with van der Waals surface area (Å²) >= 11 is 0. The number of fused-ring (bicyclic) bond motifs is 5. The van der Waals surface area contributed by atoms with Crippen LogP contribution >= 0.6 is 0 Å². The average Bonchev–Trinajstić information content (AvgIpc) is 3.32. The predicted octanol–water partition coefficient (Wildman–Crippen LogP) is 5.03. The summed E-state index contributed by atoms with van der Waals surface area (Å²) in [6.07, 6.45) is -10.8. The van der Waals surface area contributed by atoms with Crippen LogP contribution in [0.2, 0.25) is 0 Å². The second-order valence-electron chi connectivity index (χ2n) is 18.5. The molecule has 1 heterocycles. The third-order valence-electron chi connectivity index (χ3n) is 14.4. The zero-order valence-electron chi connectivity index (χ0n) is 37.6. The van der Waals surface area contributed by atoms with Gasteiger partial charge in [0.05, 0.1) is 41.2 Å². The molecule has 4 aromatic carbocycles. The van der Waals surface area contributed by atoms with Crippen molar-refractivity contribution in [3.05, 3.63) is 155 Å². The van der Waals surface area contributed by atoms with Gasteiger partial charge in [-0.15, -0.1) is 0 Å². The number of rotatable bonds is 11. The molecule has 1 saturated heterocycles. The van der Waals surface area contributed by atoms with Gasteiger partial charge in [-0.1, -0.05) is 98.8 Å². The summed E-state index contributed by atoms with van der Waals surface area (Å²) in [6, 6.07) is 31.0. The molecule has 11 atom stereocenters. The first-order chi connectivity index (χ1) is 31.8. The first-order valence-corrected chi connectivity index (χ1v) is 22.1. The lowest BCUT2D eigenvalue weighted by molar-refractivity contribution is -0.341. The molecule has 0 radical (unpaired) electrons. The number of aliphatic hydroxyl groups is 3. The summed E-state index contributed by atoms with van der Waals surface area (Å²) in [6.45, 7) is 6.80. The standard InChI is InChI=1S/C52H53NO14/c1-29-35(65-48(61)40(56)39(31-18-10-6-11-19-31)53-45(58)32-20-12-7-13-21-32)27-52(62)44(66-46(59)33-22-14-8-15-23-33)42-50(5,43(57)41(64-30(2)54)38(29)49(52,3)4)36(55)26-37-51(42,28-63-37)67-47(60)34-24-16-9-17-25-34/h6-25,35-37,39-42,44,55-56,62H,26-28H2,1-5H3,(H,53,58)/t35-,36-,37+,39-,40+,41+,42?,44-,50+,51-,52+/m0/s1. The van der Waals surface area contributed by atoms with Crippen molar-refractivity contribution in [1.29, 1.82) is 0 Å². The second-order valence-corrected chi connectivity index (χ2v) is 18.5. The van der Waals surface area contributed by atoms with Crippen molar-refractivity contribution in [1.82, 2.24) is 5.32 Å². The number of nitrogens with one attached hydrogen (secondary N) is 1. The molecule has 0 aromatic heterocycles. The van der Waals surface area contributed by atoms with E-state index < -0.39 is 113 Å². The molecule has 3 fully saturated rings. The molecule has 2 saturated carbocycles. The van der Waals surface area contributed by atoms with Crippen molar-refractivity contribution < 1.29 is 67.8 Å². The summed E-state index contributed by atoms with van der Waals surface area (Å²) in [4.78, 5) is 85.5. The minimum absolute atomic E-state index is 0.0133. The van der Waals surface area contributed by atoms with E-state index in [2.05, 4.69) is 5.32 Å². The van der Waals surface area contributed by atoms with Crippen LogP contribution in [0.25, 0.3) is 0 Å². The highest BCUT2D eigenvalue weighted by molar-refractivity contribution is 5.97. The van der Waals surface area contributed by atoms with Gasteiger partial charge in [0.2, 0.25) is 0 Å². The Hall–Kier alpha value is -6.52. The van der Waals surface area contributed by atoms with E-state index in [-0.39, 0.29) is 40.9 Å². The van der Waals surface area contributed by atoms with Crippen LogP contribution in [0.4, 0.5) is 0 Å². The number of carbonyl (C=O) groups excluding carboxylic acids is 6. The molecule has 15 heteroatoms. The number of carbonyl (C=O) groups is 6. The Morgan fingerprint density at radius 1 is 0.761 bits per heavy atom. The molecule has 15 nitrogen and oxygen atoms in total. The fourth-order valence-electron chi connectivity index (χ4n) is 10.7. The molecule has 4 aliphatic rings. The molecule has 8 rings (SSSR count). The van der Waals surface area contributed by atoms with E-state index in [1.54, 1.807) is 111 Å². The van der Waals surface area contributed by atoms with E-state index in [1.165, 1.54) is 38.1 Å². The van der Waals surface area contributed by atoms with E-state index in [0.29, 0.717) is 5.56 Å². The maximum Gasteiger partial charge on any atom is 0.338 e. The van der Waals surface area contributed by atoms with Crippen molar-refractivity contribution in [2.75, 3.05) is 6.61 Å². The molecular formula is C52H53NO14. The zero-order chi connectivity index (χ0) is 48.1. The van der Waals surface area contributed by atoms with Crippen LogP contribution in [-0.2, 0) is 38.1 Å². The van der Waals surface area contributed by atoms with Crippen molar-refractivity contribution in [2.24, 2.45) is 16.7 Å². The van der Waals surface area contributed by atoms with Gasteiger partial charge in [0.15, 0.2) is 23.6 Å². The molecule has 0 spiro atoms. The monoisotopic (exact) mass is 915 g/mol. The van der Waals surface area contributed by atoms with Gasteiger partial charge < -0.3 is 44.3 Å². The molecule has 1 amide bonds. The number of hydrogen-bond donors (Lipinski definition) is 4. The van der Waals surface area contributed by atoms with Crippen LogP contribution in [0, 0.1) is 16.7 Å². The topological polar surface area (TPSA) is 221 Å². The van der Waals surface area contributed by atoms with E-state index >= 15 is 4.79 Å². The Bertz CT molecular complexity index is 2590. The predicted molar refractivity (Wildman–Crippen MR) is 238 cm³/mol. The van der Waals surface area contributed by atoms with Crippen LogP contribution in [0.5, 0.6) is 0 Å². The fraction of sp³-hybridized carbons (Fsp3) is 0.385. The smallest absolute Gasteiger partial charge is 0.338 e. The van der Waals surface area contributed by atoms with E-state index in [4.69, 9.17) is 23.7 Å². The van der Waals surface area contributed by atoms with Gasteiger partial charge in [-0.25, -0.2) is 14.4 Å². The highest BCUT2D eigenvalue weighted by Gasteiger charge is 2.78. The van der Waals surface area contributed by atoms with Gasteiger partial charge in [0.1, 0.15) is 23.9 Å². The lowest BCUT2D eigenvalue weighted by Gasteiger charge is -2.67. The number of ketones is 1. The van der Waals surface area contributed by atoms with Gasteiger partial charge in [-0.2, -0.15) is 0 Å². The van der Waals surface area contributed by atoms with Crippen LogP contribution in [0.1, 0.15) is 90.1 Å². The molecule has 4 N–H and O–H groups in total. The number of Topliss-reactive ketones (excluding diaryl/α,β-unsaturated/α-hetero) is 1. The summed E-state index contributed by atoms with van der Waals surface area (Å²) in [5.41, 5.74) is -7.15. The highest BCUT2D eigenvalue weighted by Crippen LogP contribution is 2.64. The third kappa shape index (κ3) is 8.03. The lowest BCUT2D eigenvalue weighted by Crippen LogP contribution is -2.82. The Morgan fingerprint density at radius 2 is 1.30 bits per heavy atom. The van der Waals surface area contributed by atoms with Gasteiger partial charge >= 0.3 is 23.9 Å². The minimum atomic E-state index is -2.43. The first-order valence-electron chi connectivity index (χ1n) is 22.1. The third-order valence-corrected chi connectivity index (χ3v) is 14.4. The zero-order valence-corrected chi connectivity index (χ0v) is 37.6. The van der Waals surface area contributed by atoms with Crippen LogP contribution < -0.4 is 5.32 Å². The molecular weight excluding hydrogens is 863 g/mol. The summed E-state index contributed by atoms with van der Waals surface area (Å²) in [5.74, 6) is -7.00. The maximum absolute atomic E-state index is 15.8. The number of esters is 4. The number of amides is 1. The molecule has 3 aliphatic carbocycles. The SMILES string of the molecule is CC(=O)O[C@H]1C(=O)[C@@]2(C)C([C@H](OC(=O)c3ccccc3)[C@]3(O)C[C@H](OC(=O)[C@H](O)[C@@H](NC(=O)c4ccccc4)c4ccccc4)C(C)=C1C3(C)C)[C@]1(OC(=O)c3ccccc3)CO[C@@H]1C[C@@H]2O. The van der Waals surface area contributed by atoms with Gasteiger partial charge in [-0.3, -0.25) is 14.4 Å². The van der Waals surface area contributed by atoms with Gasteiger partial charge in [0.25, 0.3) is 5.91 Å². The number of aliphatic hydroxyl groups excluding tert-OH is 2. The Labute approximate surface area is 387 Å². The Balaban J connectivity index is 1.29. The summed E-state index contributed by atoms with van der Waals surface area (Å²) in [7, 11) is 0. The quantitative estimate of drug-likeness (QED) is 0.0881. The number of hydrogen-bond acceptors (Lipinski definition) is 14. The Kier molecular flexibility index (Phi) is 12.6. The molecule has 1 aliphatic heterocycles. The van der Waals surface area contributed by atoms with Gasteiger partial charge in [-0.05, 0) is 67.0 Å². The van der Waals surface area contributed by atoms with Gasteiger partial charge in [0, 0.05) is 30.7 Å². The van der Waals surface area contributed by atoms with E-state index in [9.17, 15) is 39.3 Å². The molecule has 1 unspecified atom stereocenters. The van der Waals surface area contributed by atoms with Crippen molar-refractivity contribution in [3.63, 3.8) is 0 Å². The first kappa shape index (κ1) is 47.0.